The average Bonchev–Trinajstić information content (AvgIpc) is 3.24. The van der Waals surface area contributed by atoms with Gasteiger partial charge in [0.05, 0.1) is 18.7 Å². The van der Waals surface area contributed by atoms with Crippen LogP contribution in [0, 0.1) is 11.8 Å². The van der Waals surface area contributed by atoms with E-state index in [9.17, 15) is 56.7 Å². The third-order valence-corrected chi connectivity index (χ3v) is 12.0. The van der Waals surface area contributed by atoms with Crippen molar-refractivity contribution < 1.29 is 70.4 Å². The van der Waals surface area contributed by atoms with Crippen molar-refractivity contribution in [2.45, 2.75) is 128 Å². The first kappa shape index (κ1) is 55.0. The van der Waals surface area contributed by atoms with E-state index in [1.807, 2.05) is 0 Å². The fraction of sp³-hybridized carbons (Fsp3) is 0.650. The van der Waals surface area contributed by atoms with Gasteiger partial charge in [0.2, 0.25) is 29.5 Å². The number of nitrogens with two attached hydrogens (primary N) is 2. The third kappa shape index (κ3) is 14.8. The van der Waals surface area contributed by atoms with Gasteiger partial charge in [0, 0.05) is 20.0 Å². The Kier molecular flexibility index (Phi) is 20.4. The highest BCUT2D eigenvalue weighted by atomic mass is 35.5. The predicted molar refractivity (Wildman–Crippen MR) is 235 cm³/mol. The fourth-order valence-corrected chi connectivity index (χ4v) is 8.10. The van der Waals surface area contributed by atoms with E-state index in [0.29, 0.717) is 17.7 Å². The molecule has 66 heavy (non-hydrogen) atoms. The van der Waals surface area contributed by atoms with Gasteiger partial charge < -0.3 is 62.2 Å². The van der Waals surface area contributed by atoms with Gasteiger partial charge in [-0.2, -0.15) is 8.42 Å². The molecule has 0 radical (unpaired) electrons. The number of methoxy groups -OCH3 is 1. The number of amides is 6. The lowest BCUT2D eigenvalue weighted by Crippen LogP contribution is -2.66. The van der Waals surface area contributed by atoms with Crippen LogP contribution in [0.3, 0.4) is 0 Å². The Morgan fingerprint density at radius 2 is 1.71 bits per heavy atom. The minimum atomic E-state index is -5.34. The molecule has 6 amide bonds. The standard InChI is InChI=1S/C40H62ClN9O15S/c1-8-20(4)32-38(58)49(6)26(17-22-11-13-27(63-7)23(41)16-22)34(54)47-30(19(2)3)39(59)64-21(5)31(48-35(55)28(18-51)65-66(60,61)62)36(56)45-24(10-9-15-44-40(42)43)33(53)46-25-12-14-29(52)50(32)37(25)57/h11,13,16,19-21,24-26,28-32,51-52H,8-10,12,14-15,17-18H2,1-7H3,(H,45,56)(H,46,53)(H,47,54)(H,48,55)(H4,42,43,44)(H,60,61,62). The molecule has 11 N–H and O–H groups in total. The van der Waals surface area contributed by atoms with Crippen molar-refractivity contribution in [2.75, 3.05) is 27.3 Å². The Labute approximate surface area is 387 Å². The van der Waals surface area contributed by atoms with Crippen molar-refractivity contribution in [3.8, 4) is 5.75 Å². The predicted octanol–water partition coefficient (Wildman–Crippen LogP) is -2.15. The minimum absolute atomic E-state index is 0.0370. The van der Waals surface area contributed by atoms with Gasteiger partial charge in [-0.3, -0.25) is 38.3 Å². The topological polar surface area (TPSA) is 361 Å². The molecule has 2 aliphatic rings. The summed E-state index contributed by atoms with van der Waals surface area (Å²) in [6.45, 7) is 6.31. The van der Waals surface area contributed by atoms with Crippen molar-refractivity contribution in [1.29, 1.82) is 0 Å². The second-order valence-corrected chi connectivity index (χ2v) is 17.9. The van der Waals surface area contributed by atoms with Gasteiger partial charge in [-0.1, -0.05) is 51.8 Å². The molecule has 1 aromatic rings. The van der Waals surface area contributed by atoms with Gasteiger partial charge in [0.15, 0.2) is 12.1 Å². The van der Waals surface area contributed by atoms with Crippen molar-refractivity contribution in [1.82, 2.24) is 31.1 Å². The summed E-state index contributed by atoms with van der Waals surface area (Å²) in [7, 11) is -2.61. The molecule has 2 heterocycles. The summed E-state index contributed by atoms with van der Waals surface area (Å²) in [5.74, 6) is -8.63. The first-order chi connectivity index (χ1) is 30.8. The van der Waals surface area contributed by atoms with Crippen molar-refractivity contribution in [3.05, 3.63) is 28.8 Å². The van der Waals surface area contributed by atoms with E-state index in [2.05, 4.69) is 30.4 Å². The summed E-state index contributed by atoms with van der Waals surface area (Å²) in [5.41, 5.74) is 11.4. The number of carbonyl (C=O) groups is 7. The normalized spacial score (nSPS) is 26.1. The van der Waals surface area contributed by atoms with E-state index in [0.717, 1.165) is 16.7 Å². The van der Waals surface area contributed by atoms with Crippen LogP contribution >= 0.6 is 11.6 Å². The van der Waals surface area contributed by atoms with E-state index in [-0.39, 0.29) is 49.6 Å². The second-order valence-electron chi connectivity index (χ2n) is 16.4. The molecule has 10 atom stereocenters. The molecule has 370 valence electrons. The molecule has 0 saturated carbocycles. The smallest absolute Gasteiger partial charge is 0.398 e. The lowest BCUT2D eigenvalue weighted by molar-refractivity contribution is -0.168. The number of nitrogens with one attached hydrogen (secondary N) is 4. The van der Waals surface area contributed by atoms with Gasteiger partial charge in [-0.05, 0) is 62.1 Å². The maximum atomic E-state index is 14.9. The van der Waals surface area contributed by atoms with Crippen molar-refractivity contribution in [3.63, 3.8) is 0 Å². The minimum Gasteiger partial charge on any atom is -0.495 e. The van der Waals surface area contributed by atoms with Crippen LogP contribution in [0.2, 0.25) is 5.02 Å². The molecule has 2 bridgehead atoms. The van der Waals surface area contributed by atoms with Crippen LogP contribution in [0.15, 0.2) is 23.2 Å². The highest BCUT2D eigenvalue weighted by molar-refractivity contribution is 7.80. The number of hydrogen-bond acceptors (Lipinski definition) is 15. The molecule has 2 aliphatic heterocycles. The number of rotatable bonds is 15. The molecule has 2 fully saturated rings. The Morgan fingerprint density at radius 3 is 2.27 bits per heavy atom. The van der Waals surface area contributed by atoms with Crippen LogP contribution in [0.1, 0.15) is 72.3 Å². The summed E-state index contributed by atoms with van der Waals surface area (Å²) in [4.78, 5) is 106. The zero-order chi connectivity index (χ0) is 49.8. The van der Waals surface area contributed by atoms with Crippen molar-refractivity contribution >= 4 is 69.4 Å². The highest BCUT2D eigenvalue weighted by Gasteiger charge is 2.47. The van der Waals surface area contributed by atoms with Gasteiger partial charge in [-0.15, -0.1) is 0 Å². The highest BCUT2D eigenvalue weighted by Crippen LogP contribution is 2.29. The Morgan fingerprint density at radius 1 is 1.05 bits per heavy atom. The van der Waals surface area contributed by atoms with E-state index >= 15 is 0 Å². The van der Waals surface area contributed by atoms with Gasteiger partial charge in [0.1, 0.15) is 54.3 Å². The Balaban J connectivity index is 2.27. The number of cyclic esters (lactones) is 1. The van der Waals surface area contributed by atoms with Crippen LogP contribution in [0.5, 0.6) is 5.75 Å². The number of piperidine rings is 1. The number of halogens is 1. The van der Waals surface area contributed by atoms with Crippen molar-refractivity contribution in [2.24, 2.45) is 28.3 Å². The first-order valence-electron chi connectivity index (χ1n) is 21.2. The van der Waals surface area contributed by atoms with Gasteiger partial charge in [-0.25, -0.2) is 8.98 Å². The number of benzene rings is 1. The van der Waals surface area contributed by atoms with Crippen LogP contribution in [-0.4, -0.2) is 162 Å². The first-order valence-corrected chi connectivity index (χ1v) is 22.9. The largest absolute Gasteiger partial charge is 0.495 e. The number of hydrogen-bond donors (Lipinski definition) is 9. The monoisotopic (exact) mass is 975 g/mol. The zero-order valence-corrected chi connectivity index (χ0v) is 39.3. The van der Waals surface area contributed by atoms with Gasteiger partial charge >= 0.3 is 16.4 Å². The second kappa shape index (κ2) is 24.4. The molecular weight excluding hydrogens is 914 g/mol. The van der Waals surface area contributed by atoms with Crippen LogP contribution in [-0.2, 0) is 59.3 Å². The summed E-state index contributed by atoms with van der Waals surface area (Å²) in [5, 5.41) is 31.1. The molecule has 10 unspecified atom stereocenters. The molecule has 0 aromatic heterocycles. The summed E-state index contributed by atoms with van der Waals surface area (Å²) >= 11 is 6.44. The number of likely N-dealkylation sites (N-methyl/N-ethyl adjacent to an activating group) is 1. The van der Waals surface area contributed by atoms with E-state index < -0.39 is 125 Å². The van der Waals surface area contributed by atoms with Crippen LogP contribution in [0.25, 0.3) is 0 Å². The summed E-state index contributed by atoms with van der Waals surface area (Å²) in [6.07, 6.45) is -5.82. The molecule has 1 aromatic carbocycles. The number of aliphatic hydroxyl groups is 2. The Hall–Kier alpha value is -5.34. The third-order valence-electron chi connectivity index (χ3n) is 11.2. The SMILES string of the molecule is CCC(C)C1C(=O)N(C)C(Cc2ccc(OC)c(Cl)c2)C(=O)NC(C(C)C)C(=O)OC(C)C(NC(=O)C(CO)OS(=O)(=O)O)C(=O)NC(CCCN=C(N)N)C(=O)NC2CCC(O)N1C2=O. The number of nitrogens with zero attached hydrogens (tertiary/aromatic N) is 3. The lowest BCUT2D eigenvalue weighted by atomic mass is 9.91. The summed E-state index contributed by atoms with van der Waals surface area (Å²) in [6, 6.07) is -4.57. The molecule has 0 spiro atoms. The molecule has 0 aliphatic carbocycles. The molecule has 3 rings (SSSR count). The number of guanidine groups is 1. The molecular formula is C40H62ClN9O15S. The number of ether oxygens (including phenoxy) is 2. The number of fused-ring (bicyclic) bond motifs is 2. The quantitative estimate of drug-likeness (QED) is 0.0297. The van der Waals surface area contributed by atoms with E-state index in [1.54, 1.807) is 39.8 Å². The van der Waals surface area contributed by atoms with Crippen LogP contribution < -0.4 is 37.5 Å². The lowest BCUT2D eigenvalue weighted by Gasteiger charge is -2.44. The maximum Gasteiger partial charge on any atom is 0.398 e. The number of aliphatic imine (C=N–C) groups is 1. The summed E-state index contributed by atoms with van der Waals surface area (Å²) < 4.78 is 47.4. The van der Waals surface area contributed by atoms with E-state index in [1.165, 1.54) is 20.2 Å². The van der Waals surface area contributed by atoms with E-state index in [4.69, 9.17) is 32.5 Å². The molecule has 2 saturated heterocycles. The van der Waals surface area contributed by atoms with Gasteiger partial charge in [0.25, 0.3) is 5.91 Å². The Bertz CT molecular complexity index is 2080. The number of carbonyl (C=O) groups excluding carboxylic acids is 7. The zero-order valence-electron chi connectivity index (χ0n) is 37.8. The molecule has 26 heteroatoms. The fourth-order valence-electron chi connectivity index (χ4n) is 7.37. The van der Waals surface area contributed by atoms with Crippen LogP contribution in [0.4, 0.5) is 0 Å². The number of aliphatic hydroxyl groups excluding tert-OH is 2. The number of esters is 1. The maximum absolute atomic E-state index is 14.9. The molecule has 24 nitrogen and oxygen atoms in total. The average molecular weight is 977 g/mol.